The second-order valence-corrected chi connectivity index (χ2v) is 5.30. The number of hydrogen-bond donors (Lipinski definition) is 3. The molecule has 0 radical (unpaired) electrons. The number of hydrogen-bond acceptors (Lipinski definition) is 7. The van der Waals surface area contributed by atoms with Crippen molar-refractivity contribution >= 4 is 6.08 Å². The van der Waals surface area contributed by atoms with Crippen molar-refractivity contribution in [2.45, 2.75) is 12.6 Å². The smallest absolute Gasteiger partial charge is 0.165 e. The number of rotatable bonds is 3. The second kappa shape index (κ2) is 6.80. The first kappa shape index (κ1) is 17.6. The highest BCUT2D eigenvalue weighted by atomic mass is 16.5. The van der Waals surface area contributed by atoms with Gasteiger partial charge in [-0.15, -0.1) is 0 Å². The van der Waals surface area contributed by atoms with Gasteiger partial charge in [-0.3, -0.25) is 0 Å². The van der Waals surface area contributed by atoms with E-state index in [1.54, 1.807) is 30.3 Å². The summed E-state index contributed by atoms with van der Waals surface area (Å²) in [5, 5.41) is 50.6. The molecule has 7 nitrogen and oxygen atoms in total. The lowest BCUT2D eigenvalue weighted by molar-refractivity contribution is 0.0851. The molecule has 0 saturated heterocycles. The fourth-order valence-corrected chi connectivity index (χ4v) is 2.45. The monoisotopic (exact) mass is 334 g/mol. The van der Waals surface area contributed by atoms with Crippen LogP contribution in [0.5, 0.6) is 11.5 Å². The maximum Gasteiger partial charge on any atom is 0.165 e. The fraction of sp³-hybridized carbons (Fsp3) is 0.167. The molecule has 1 aliphatic heterocycles. The van der Waals surface area contributed by atoms with E-state index in [9.17, 15) is 15.5 Å². The van der Waals surface area contributed by atoms with E-state index >= 15 is 0 Å². The van der Waals surface area contributed by atoms with Crippen LogP contribution in [0.3, 0.4) is 0 Å². The van der Waals surface area contributed by atoms with Gasteiger partial charge in [0.1, 0.15) is 18.2 Å². The molecular weight excluding hydrogens is 320 g/mol. The van der Waals surface area contributed by atoms with E-state index in [0.717, 1.165) is 0 Å². The van der Waals surface area contributed by atoms with Gasteiger partial charge in [0.05, 0.1) is 18.4 Å². The van der Waals surface area contributed by atoms with Crippen LogP contribution in [0.25, 0.3) is 6.08 Å². The Morgan fingerprint density at radius 1 is 1.24 bits per heavy atom. The predicted octanol–water partition coefficient (Wildman–Crippen LogP) is 1.85. The highest BCUT2D eigenvalue weighted by Crippen LogP contribution is 2.35. The van der Waals surface area contributed by atoms with Crippen LogP contribution in [-0.2, 0) is 0 Å². The van der Waals surface area contributed by atoms with Gasteiger partial charge >= 0.3 is 0 Å². The molecule has 1 aliphatic rings. The summed E-state index contributed by atoms with van der Waals surface area (Å²) in [6, 6.07) is 10.2. The molecule has 1 unspecified atom stereocenters. The zero-order chi connectivity index (χ0) is 18.6. The minimum Gasteiger partial charge on any atom is -0.504 e. The number of phenolic OH excluding ortho intramolecular Hbond substituents is 1. The van der Waals surface area contributed by atoms with Crippen molar-refractivity contribution in [1.29, 1.82) is 15.8 Å². The van der Waals surface area contributed by atoms with Crippen LogP contribution >= 0.6 is 0 Å². The van der Waals surface area contributed by atoms with E-state index in [2.05, 4.69) is 5.32 Å². The van der Waals surface area contributed by atoms with Crippen LogP contribution in [0, 0.1) is 34.0 Å². The Hall–Kier alpha value is -3.73. The number of aromatic hydroxyl groups is 1. The first-order valence-corrected chi connectivity index (χ1v) is 7.14. The Morgan fingerprint density at radius 3 is 2.48 bits per heavy atom. The average Bonchev–Trinajstić information content (AvgIpc) is 2.85. The number of nitrogens with zero attached hydrogens (tertiary/aromatic N) is 3. The Morgan fingerprint density at radius 2 is 1.92 bits per heavy atom. The standard InChI is InChI=1S/C18H14N4O3/c1-18(24)14(13(10-21)16(22-18)12(8-19)9-20)7-6-11-4-3-5-15(25-2)17(11)23/h3-7,22-24H,1-2H3/b7-6+. The minimum absolute atomic E-state index is 0.0123. The highest BCUT2D eigenvalue weighted by molar-refractivity contribution is 5.68. The quantitative estimate of drug-likeness (QED) is 0.718. The third kappa shape index (κ3) is 3.16. The lowest BCUT2D eigenvalue weighted by atomic mass is 10.0. The van der Waals surface area contributed by atoms with Crippen LogP contribution in [0.2, 0.25) is 0 Å². The molecule has 2 rings (SSSR count). The number of nitrogens with one attached hydrogen (secondary N) is 1. The van der Waals surface area contributed by atoms with Crippen LogP contribution in [0.15, 0.2) is 46.7 Å². The van der Waals surface area contributed by atoms with E-state index in [0.29, 0.717) is 5.56 Å². The predicted molar refractivity (Wildman–Crippen MR) is 88.3 cm³/mol. The molecule has 124 valence electrons. The third-order valence-corrected chi connectivity index (χ3v) is 3.68. The Balaban J connectivity index is 2.59. The van der Waals surface area contributed by atoms with Gasteiger partial charge in [0.2, 0.25) is 0 Å². The van der Waals surface area contributed by atoms with Gasteiger partial charge in [0, 0.05) is 11.1 Å². The van der Waals surface area contributed by atoms with Crippen molar-refractivity contribution in [3.05, 3.63) is 52.3 Å². The van der Waals surface area contributed by atoms with Crippen LogP contribution in [-0.4, -0.2) is 23.0 Å². The molecule has 0 spiro atoms. The first-order valence-electron chi connectivity index (χ1n) is 7.14. The lowest BCUT2D eigenvalue weighted by Gasteiger charge is -2.20. The van der Waals surface area contributed by atoms with E-state index in [-0.39, 0.29) is 33.9 Å². The van der Waals surface area contributed by atoms with Gasteiger partial charge in [-0.05, 0) is 13.0 Å². The molecule has 25 heavy (non-hydrogen) atoms. The van der Waals surface area contributed by atoms with Crippen molar-refractivity contribution in [1.82, 2.24) is 5.32 Å². The lowest BCUT2D eigenvalue weighted by Crippen LogP contribution is -2.38. The summed E-state index contributed by atoms with van der Waals surface area (Å²) in [4.78, 5) is 0. The number of methoxy groups -OCH3 is 1. The molecule has 0 saturated carbocycles. The number of ether oxygens (including phenoxy) is 1. The number of allylic oxidation sites excluding steroid dienone is 2. The zero-order valence-corrected chi connectivity index (χ0v) is 13.5. The molecule has 0 bridgehead atoms. The van der Waals surface area contributed by atoms with Gasteiger partial charge in [-0.1, -0.05) is 24.3 Å². The second-order valence-electron chi connectivity index (χ2n) is 5.30. The van der Waals surface area contributed by atoms with E-state index < -0.39 is 5.72 Å². The van der Waals surface area contributed by atoms with Gasteiger partial charge in [0.25, 0.3) is 0 Å². The van der Waals surface area contributed by atoms with E-state index in [4.69, 9.17) is 15.3 Å². The van der Waals surface area contributed by atoms with Crippen molar-refractivity contribution in [3.63, 3.8) is 0 Å². The summed E-state index contributed by atoms with van der Waals surface area (Å²) < 4.78 is 5.03. The molecule has 1 aromatic carbocycles. The van der Waals surface area contributed by atoms with Crippen LogP contribution < -0.4 is 10.1 Å². The summed E-state index contributed by atoms with van der Waals surface area (Å²) in [6.45, 7) is 1.40. The molecule has 0 aromatic heterocycles. The van der Waals surface area contributed by atoms with Crippen molar-refractivity contribution in [2.75, 3.05) is 7.11 Å². The van der Waals surface area contributed by atoms with Gasteiger partial charge < -0.3 is 20.3 Å². The Labute approximate surface area is 144 Å². The molecular formula is C18H14N4O3. The summed E-state index contributed by atoms with van der Waals surface area (Å²) in [6.07, 6.45) is 2.95. The molecule has 3 N–H and O–H groups in total. The van der Waals surface area contributed by atoms with Crippen molar-refractivity contribution in [3.8, 4) is 29.7 Å². The van der Waals surface area contributed by atoms with E-state index in [1.165, 1.54) is 26.2 Å². The number of para-hydroxylation sites is 1. The molecule has 1 atom stereocenters. The number of benzene rings is 1. The summed E-state index contributed by atoms with van der Waals surface area (Å²) in [7, 11) is 1.42. The van der Waals surface area contributed by atoms with E-state index in [1.807, 2.05) is 6.07 Å². The largest absolute Gasteiger partial charge is 0.504 e. The molecule has 1 heterocycles. The molecule has 0 fully saturated rings. The summed E-state index contributed by atoms with van der Waals surface area (Å²) >= 11 is 0. The SMILES string of the molecule is COc1cccc(/C=C/C2=C(C#N)C(=C(C#N)C#N)NC2(C)O)c1O. The Kier molecular flexibility index (Phi) is 4.79. The maximum atomic E-state index is 10.5. The summed E-state index contributed by atoms with van der Waals surface area (Å²) in [5.74, 6) is 0.196. The maximum absolute atomic E-state index is 10.5. The highest BCUT2D eigenvalue weighted by Gasteiger charge is 2.38. The number of phenols is 1. The number of aliphatic hydroxyl groups is 1. The average molecular weight is 334 g/mol. The minimum atomic E-state index is -1.65. The molecule has 0 aliphatic carbocycles. The first-order chi connectivity index (χ1) is 11.9. The van der Waals surface area contributed by atoms with Gasteiger partial charge in [-0.2, -0.15) is 15.8 Å². The Bertz CT molecular complexity index is 919. The molecule has 1 aromatic rings. The van der Waals surface area contributed by atoms with Crippen molar-refractivity contribution < 1.29 is 14.9 Å². The topological polar surface area (TPSA) is 133 Å². The normalized spacial score (nSPS) is 19.1. The van der Waals surface area contributed by atoms with Gasteiger partial charge in [0.15, 0.2) is 22.8 Å². The van der Waals surface area contributed by atoms with Crippen LogP contribution in [0.4, 0.5) is 0 Å². The molecule has 0 amide bonds. The third-order valence-electron chi connectivity index (χ3n) is 3.68. The zero-order valence-electron chi connectivity index (χ0n) is 13.5. The van der Waals surface area contributed by atoms with Crippen LogP contribution in [0.1, 0.15) is 12.5 Å². The molecule has 7 heteroatoms. The fourth-order valence-electron chi connectivity index (χ4n) is 2.45. The number of nitriles is 3. The van der Waals surface area contributed by atoms with Gasteiger partial charge in [-0.25, -0.2) is 0 Å². The van der Waals surface area contributed by atoms with Crippen molar-refractivity contribution in [2.24, 2.45) is 0 Å². The summed E-state index contributed by atoms with van der Waals surface area (Å²) in [5.41, 5.74) is -1.39.